The van der Waals surface area contributed by atoms with Gasteiger partial charge in [-0.25, -0.2) is 9.97 Å². The normalized spacial score (nSPS) is 11.1. The van der Waals surface area contributed by atoms with Crippen LogP contribution in [0.5, 0.6) is 0 Å². The number of carbonyl (C=O) groups is 1. The lowest BCUT2D eigenvalue weighted by atomic mass is 10.1. The topological polar surface area (TPSA) is 54.9 Å². The Morgan fingerprint density at radius 2 is 2.04 bits per heavy atom. The fourth-order valence-corrected chi connectivity index (χ4v) is 3.17. The molecule has 1 amide bonds. The summed E-state index contributed by atoms with van der Waals surface area (Å²) in [7, 11) is 0. The maximum Gasteiger partial charge on any atom is 0.225 e. The van der Waals surface area contributed by atoms with Gasteiger partial charge < -0.3 is 5.32 Å². The van der Waals surface area contributed by atoms with Crippen molar-refractivity contribution in [2.45, 2.75) is 26.7 Å². The van der Waals surface area contributed by atoms with Gasteiger partial charge in [0.25, 0.3) is 0 Å². The van der Waals surface area contributed by atoms with Gasteiger partial charge in [0.15, 0.2) is 0 Å². The Morgan fingerprint density at radius 1 is 1.22 bits per heavy atom. The molecule has 23 heavy (non-hydrogen) atoms. The summed E-state index contributed by atoms with van der Waals surface area (Å²) in [5.41, 5.74) is 1.96. The highest BCUT2D eigenvalue weighted by Crippen LogP contribution is 2.29. The van der Waals surface area contributed by atoms with E-state index in [0.29, 0.717) is 18.2 Å². The van der Waals surface area contributed by atoms with Crippen molar-refractivity contribution in [1.29, 1.82) is 0 Å². The number of benzene rings is 1. The van der Waals surface area contributed by atoms with Crippen LogP contribution in [-0.4, -0.2) is 15.9 Å². The number of hydrogen-bond acceptors (Lipinski definition) is 4. The molecule has 0 saturated heterocycles. The van der Waals surface area contributed by atoms with Crippen LogP contribution in [0.3, 0.4) is 0 Å². The second-order valence-electron chi connectivity index (χ2n) is 5.90. The van der Waals surface area contributed by atoms with Crippen LogP contribution in [0.2, 0.25) is 0 Å². The van der Waals surface area contributed by atoms with Crippen molar-refractivity contribution in [2.75, 3.05) is 5.32 Å². The zero-order valence-electron chi connectivity index (χ0n) is 13.2. The molecule has 1 aromatic carbocycles. The van der Waals surface area contributed by atoms with Gasteiger partial charge in [0.2, 0.25) is 5.91 Å². The molecule has 2 heterocycles. The first-order chi connectivity index (χ1) is 11.1. The van der Waals surface area contributed by atoms with Crippen LogP contribution in [0, 0.1) is 5.92 Å². The molecule has 0 aliphatic carbocycles. The fraction of sp³-hybridized carbons (Fsp3) is 0.278. The largest absolute Gasteiger partial charge is 0.311 e. The average molecular weight is 325 g/mol. The third-order valence-corrected chi connectivity index (χ3v) is 4.61. The van der Waals surface area contributed by atoms with E-state index < -0.39 is 0 Å². The zero-order chi connectivity index (χ0) is 16.2. The zero-order valence-corrected chi connectivity index (χ0v) is 14.1. The lowest BCUT2D eigenvalue weighted by Gasteiger charge is -2.06. The third kappa shape index (κ3) is 3.93. The number of anilines is 1. The predicted molar refractivity (Wildman–Crippen MR) is 95.6 cm³/mol. The molecule has 0 aliphatic rings. The van der Waals surface area contributed by atoms with Crippen molar-refractivity contribution in [2.24, 2.45) is 5.92 Å². The van der Waals surface area contributed by atoms with Gasteiger partial charge in [-0.05, 0) is 36.6 Å². The maximum absolute atomic E-state index is 11.8. The van der Waals surface area contributed by atoms with Crippen molar-refractivity contribution in [3.63, 3.8) is 0 Å². The molecule has 0 atom stereocenters. The number of nitrogens with zero attached hydrogens (tertiary/aromatic N) is 2. The van der Waals surface area contributed by atoms with Crippen molar-refractivity contribution >= 4 is 33.3 Å². The summed E-state index contributed by atoms with van der Waals surface area (Å²) in [6.07, 6.45) is 3.17. The second-order valence-corrected chi connectivity index (χ2v) is 6.93. The van der Waals surface area contributed by atoms with Gasteiger partial charge in [0, 0.05) is 18.2 Å². The summed E-state index contributed by atoms with van der Waals surface area (Å²) >= 11 is 1.64. The van der Waals surface area contributed by atoms with E-state index in [9.17, 15) is 4.79 Å². The standard InChI is InChI=1S/C18H19N3OS/c1-12(2)7-10-17(22)21-16-9-8-13(11-19-16)18-20-14-5-3-4-6-15(14)23-18/h3-6,8-9,11-12H,7,10H2,1-2H3,(H,19,21,22). The first-order valence-electron chi connectivity index (χ1n) is 7.73. The van der Waals surface area contributed by atoms with E-state index in [1.165, 1.54) is 0 Å². The molecular weight excluding hydrogens is 306 g/mol. The van der Waals surface area contributed by atoms with Crippen molar-refractivity contribution in [3.8, 4) is 10.6 Å². The highest BCUT2D eigenvalue weighted by molar-refractivity contribution is 7.21. The number of fused-ring (bicyclic) bond motifs is 1. The molecule has 1 N–H and O–H groups in total. The summed E-state index contributed by atoms with van der Waals surface area (Å²) in [5, 5.41) is 3.78. The van der Waals surface area contributed by atoms with Gasteiger partial charge in [0.1, 0.15) is 10.8 Å². The van der Waals surface area contributed by atoms with E-state index in [0.717, 1.165) is 27.2 Å². The number of pyridine rings is 1. The van der Waals surface area contributed by atoms with Crippen molar-refractivity contribution in [3.05, 3.63) is 42.6 Å². The van der Waals surface area contributed by atoms with Crippen LogP contribution in [-0.2, 0) is 4.79 Å². The van der Waals surface area contributed by atoms with Crippen LogP contribution in [0.15, 0.2) is 42.6 Å². The molecule has 3 rings (SSSR count). The van der Waals surface area contributed by atoms with Gasteiger partial charge in [-0.15, -0.1) is 11.3 Å². The Hall–Kier alpha value is -2.27. The molecule has 5 heteroatoms. The quantitative estimate of drug-likeness (QED) is 0.737. The van der Waals surface area contributed by atoms with E-state index in [1.54, 1.807) is 17.5 Å². The van der Waals surface area contributed by atoms with Gasteiger partial charge in [-0.1, -0.05) is 26.0 Å². The van der Waals surface area contributed by atoms with Crippen LogP contribution in [0.25, 0.3) is 20.8 Å². The number of aromatic nitrogens is 2. The highest BCUT2D eigenvalue weighted by atomic mass is 32.1. The molecule has 118 valence electrons. The van der Waals surface area contributed by atoms with Crippen molar-refractivity contribution < 1.29 is 4.79 Å². The molecule has 0 bridgehead atoms. The van der Waals surface area contributed by atoms with E-state index in [-0.39, 0.29) is 5.91 Å². The van der Waals surface area contributed by atoms with Gasteiger partial charge >= 0.3 is 0 Å². The summed E-state index contributed by atoms with van der Waals surface area (Å²) in [6, 6.07) is 11.8. The second kappa shape index (κ2) is 6.87. The average Bonchev–Trinajstić information content (AvgIpc) is 2.97. The fourth-order valence-electron chi connectivity index (χ4n) is 2.22. The molecule has 2 aromatic heterocycles. The monoisotopic (exact) mass is 325 g/mol. The van der Waals surface area contributed by atoms with E-state index >= 15 is 0 Å². The number of amides is 1. The van der Waals surface area contributed by atoms with Gasteiger partial charge in [-0.3, -0.25) is 4.79 Å². The first-order valence-corrected chi connectivity index (χ1v) is 8.55. The number of para-hydroxylation sites is 1. The Labute approximate surface area is 139 Å². The number of nitrogens with one attached hydrogen (secondary N) is 1. The highest BCUT2D eigenvalue weighted by Gasteiger charge is 2.08. The smallest absolute Gasteiger partial charge is 0.225 e. The van der Waals surface area contributed by atoms with Gasteiger partial charge in [0.05, 0.1) is 10.2 Å². The Kier molecular flexibility index (Phi) is 4.67. The molecule has 0 radical (unpaired) electrons. The third-order valence-electron chi connectivity index (χ3n) is 3.52. The van der Waals surface area contributed by atoms with Crippen LogP contribution in [0.4, 0.5) is 5.82 Å². The van der Waals surface area contributed by atoms with E-state index in [4.69, 9.17) is 0 Å². The summed E-state index contributed by atoms with van der Waals surface area (Å²) in [4.78, 5) is 20.8. The number of rotatable bonds is 5. The molecule has 3 aromatic rings. The lowest BCUT2D eigenvalue weighted by Crippen LogP contribution is -2.13. The Morgan fingerprint density at radius 3 is 2.74 bits per heavy atom. The molecule has 0 unspecified atom stereocenters. The van der Waals surface area contributed by atoms with Crippen LogP contribution < -0.4 is 5.32 Å². The van der Waals surface area contributed by atoms with Crippen molar-refractivity contribution in [1.82, 2.24) is 9.97 Å². The minimum Gasteiger partial charge on any atom is -0.311 e. The Bertz CT molecular complexity index is 776. The lowest BCUT2D eigenvalue weighted by molar-refractivity contribution is -0.116. The molecular formula is C18H19N3OS. The minimum absolute atomic E-state index is 0.0129. The van der Waals surface area contributed by atoms with E-state index in [1.807, 2.05) is 30.3 Å². The van der Waals surface area contributed by atoms with Crippen LogP contribution in [0.1, 0.15) is 26.7 Å². The first kappa shape index (κ1) is 15.6. The summed E-state index contributed by atoms with van der Waals surface area (Å²) in [6.45, 7) is 4.22. The molecule has 0 fully saturated rings. The minimum atomic E-state index is 0.0129. The van der Waals surface area contributed by atoms with E-state index in [2.05, 4.69) is 35.2 Å². The van der Waals surface area contributed by atoms with Gasteiger partial charge in [-0.2, -0.15) is 0 Å². The molecule has 0 saturated carbocycles. The maximum atomic E-state index is 11.8. The number of thiazole rings is 1. The number of hydrogen-bond donors (Lipinski definition) is 1. The molecule has 0 aliphatic heterocycles. The summed E-state index contributed by atoms with van der Waals surface area (Å²) in [5.74, 6) is 1.12. The Balaban J connectivity index is 1.70. The molecule has 4 nitrogen and oxygen atoms in total. The molecule has 0 spiro atoms. The van der Waals surface area contributed by atoms with Crippen LogP contribution >= 0.6 is 11.3 Å². The summed E-state index contributed by atoms with van der Waals surface area (Å²) < 4.78 is 1.16. The predicted octanol–water partition coefficient (Wildman–Crippen LogP) is 4.73. The SMILES string of the molecule is CC(C)CCC(=O)Nc1ccc(-c2nc3ccccc3s2)cn1. The number of carbonyl (C=O) groups excluding carboxylic acids is 1.